The molecular weight excluding hydrogens is 408 g/mol. The average molecular weight is 427 g/mol. The van der Waals surface area contributed by atoms with Crippen LogP contribution >= 0.6 is 11.6 Å². The number of aromatic nitrogens is 1. The van der Waals surface area contributed by atoms with Crippen LogP contribution in [0.25, 0.3) is 5.69 Å². The van der Waals surface area contributed by atoms with E-state index in [2.05, 4.69) is 10.5 Å². The highest BCUT2D eigenvalue weighted by Gasteiger charge is 2.17. The van der Waals surface area contributed by atoms with Gasteiger partial charge in [-0.05, 0) is 50.2 Å². The van der Waals surface area contributed by atoms with Crippen LogP contribution in [-0.4, -0.2) is 28.7 Å². The minimum Gasteiger partial charge on any atom is -0.495 e. The Morgan fingerprint density at radius 3 is 2.53 bits per heavy atom. The van der Waals surface area contributed by atoms with Gasteiger partial charge < -0.3 is 9.30 Å². The first kappa shape index (κ1) is 21.1. The van der Waals surface area contributed by atoms with Gasteiger partial charge in [-0.15, -0.1) is 0 Å². The summed E-state index contributed by atoms with van der Waals surface area (Å²) in [5, 5.41) is 15.8. The number of nitro benzene ring substituents is 1. The molecule has 0 atom stereocenters. The zero-order chi connectivity index (χ0) is 21.8. The van der Waals surface area contributed by atoms with Crippen LogP contribution in [0.2, 0.25) is 5.02 Å². The topological polar surface area (TPSA) is 98.8 Å². The fraction of sp³-hybridized carbons (Fsp3) is 0.143. The van der Waals surface area contributed by atoms with Gasteiger partial charge >= 0.3 is 0 Å². The van der Waals surface area contributed by atoms with Crippen molar-refractivity contribution in [1.82, 2.24) is 9.99 Å². The molecule has 0 saturated carbocycles. The van der Waals surface area contributed by atoms with E-state index in [1.165, 1.54) is 25.5 Å². The molecule has 3 aromatic rings. The summed E-state index contributed by atoms with van der Waals surface area (Å²) in [6.07, 6.45) is 1.52. The average Bonchev–Trinajstić information content (AvgIpc) is 3.01. The summed E-state index contributed by atoms with van der Waals surface area (Å²) in [5.41, 5.74) is 5.78. The maximum Gasteiger partial charge on any atom is 0.271 e. The Balaban J connectivity index is 1.88. The summed E-state index contributed by atoms with van der Waals surface area (Å²) in [6, 6.07) is 12.7. The molecule has 3 rings (SSSR count). The normalized spacial score (nSPS) is 10.9. The molecule has 0 spiro atoms. The minimum atomic E-state index is -0.453. The van der Waals surface area contributed by atoms with Gasteiger partial charge in [0.1, 0.15) is 5.75 Å². The summed E-state index contributed by atoms with van der Waals surface area (Å²) < 4.78 is 7.22. The van der Waals surface area contributed by atoms with E-state index in [1.54, 1.807) is 30.3 Å². The van der Waals surface area contributed by atoms with Crippen LogP contribution in [0.15, 0.2) is 53.6 Å². The summed E-state index contributed by atoms with van der Waals surface area (Å²) in [7, 11) is 1.51. The fourth-order valence-corrected chi connectivity index (χ4v) is 3.21. The van der Waals surface area contributed by atoms with Crippen molar-refractivity contribution in [1.29, 1.82) is 0 Å². The molecule has 1 aromatic heterocycles. The molecule has 0 fully saturated rings. The molecule has 0 bridgehead atoms. The Morgan fingerprint density at radius 1 is 1.20 bits per heavy atom. The lowest BCUT2D eigenvalue weighted by molar-refractivity contribution is -0.384. The highest BCUT2D eigenvalue weighted by molar-refractivity contribution is 6.30. The quantitative estimate of drug-likeness (QED) is 0.358. The first-order valence-electron chi connectivity index (χ1n) is 8.92. The lowest BCUT2D eigenvalue weighted by Gasteiger charge is -2.13. The van der Waals surface area contributed by atoms with Crippen molar-refractivity contribution in [3.05, 3.63) is 86.2 Å². The van der Waals surface area contributed by atoms with Gasteiger partial charge in [-0.2, -0.15) is 5.10 Å². The number of hydrogen-bond donors (Lipinski definition) is 1. The van der Waals surface area contributed by atoms with Crippen molar-refractivity contribution in [2.75, 3.05) is 7.11 Å². The number of ether oxygens (including phenoxy) is 1. The molecule has 1 N–H and O–H groups in total. The van der Waals surface area contributed by atoms with E-state index < -0.39 is 4.92 Å². The first-order valence-corrected chi connectivity index (χ1v) is 9.30. The van der Waals surface area contributed by atoms with E-state index >= 15 is 0 Å². The molecule has 0 aliphatic heterocycles. The van der Waals surface area contributed by atoms with E-state index in [4.69, 9.17) is 16.3 Å². The number of non-ortho nitro benzene ring substituents is 1. The van der Waals surface area contributed by atoms with E-state index in [-0.39, 0.29) is 11.6 Å². The Morgan fingerprint density at radius 2 is 1.90 bits per heavy atom. The van der Waals surface area contributed by atoms with Crippen molar-refractivity contribution in [3.63, 3.8) is 0 Å². The largest absolute Gasteiger partial charge is 0.495 e. The number of halogens is 1. The number of carbonyl (C=O) groups is 1. The fourth-order valence-electron chi connectivity index (χ4n) is 3.08. The monoisotopic (exact) mass is 426 g/mol. The Hall–Kier alpha value is -3.65. The number of nitrogens with zero attached hydrogens (tertiary/aromatic N) is 3. The Labute approximate surface area is 177 Å². The predicted molar refractivity (Wildman–Crippen MR) is 115 cm³/mol. The predicted octanol–water partition coefficient (Wildman–Crippen LogP) is 4.43. The van der Waals surface area contributed by atoms with Gasteiger partial charge in [-0.1, -0.05) is 11.6 Å². The van der Waals surface area contributed by atoms with Crippen molar-refractivity contribution in [3.8, 4) is 11.4 Å². The van der Waals surface area contributed by atoms with Crippen LogP contribution in [0.5, 0.6) is 5.75 Å². The standard InChI is InChI=1S/C21H19ClN4O4/c1-13-10-16(12-23-24-21(27)15-4-6-17(22)7-5-15)14(2)25(13)19-11-18(26(28)29)8-9-20(19)30-3/h4-12H,1-3H3,(H,24,27)/b23-12-. The Kier molecular flexibility index (Phi) is 6.17. The third kappa shape index (κ3) is 4.33. The van der Waals surface area contributed by atoms with Crippen molar-refractivity contribution < 1.29 is 14.5 Å². The molecule has 2 aromatic carbocycles. The smallest absolute Gasteiger partial charge is 0.271 e. The number of hydrogen-bond acceptors (Lipinski definition) is 5. The summed E-state index contributed by atoms with van der Waals surface area (Å²) in [5.74, 6) is 0.138. The molecule has 0 unspecified atom stereocenters. The molecule has 30 heavy (non-hydrogen) atoms. The van der Waals surface area contributed by atoms with Gasteiger partial charge in [-0.25, -0.2) is 5.43 Å². The van der Waals surface area contributed by atoms with Gasteiger partial charge in [0, 0.05) is 39.7 Å². The van der Waals surface area contributed by atoms with Crippen LogP contribution in [0.4, 0.5) is 5.69 Å². The second-order valence-corrected chi connectivity index (χ2v) is 6.92. The van der Waals surface area contributed by atoms with Crippen LogP contribution in [0.1, 0.15) is 27.3 Å². The zero-order valence-corrected chi connectivity index (χ0v) is 17.3. The van der Waals surface area contributed by atoms with E-state index in [1.807, 2.05) is 24.5 Å². The van der Waals surface area contributed by atoms with Gasteiger partial charge in [0.25, 0.3) is 11.6 Å². The molecule has 1 amide bonds. The highest BCUT2D eigenvalue weighted by atomic mass is 35.5. The second-order valence-electron chi connectivity index (χ2n) is 6.48. The molecule has 9 heteroatoms. The highest BCUT2D eigenvalue weighted by Crippen LogP contribution is 2.31. The zero-order valence-electron chi connectivity index (χ0n) is 16.5. The lowest BCUT2D eigenvalue weighted by Crippen LogP contribution is -2.17. The second kappa shape index (κ2) is 8.79. The summed E-state index contributed by atoms with van der Waals surface area (Å²) in [4.78, 5) is 22.9. The maximum absolute atomic E-state index is 12.2. The number of aryl methyl sites for hydroxylation is 1. The van der Waals surface area contributed by atoms with Crippen LogP contribution in [0, 0.1) is 24.0 Å². The van der Waals surface area contributed by atoms with E-state index in [0.717, 1.165) is 17.0 Å². The van der Waals surface area contributed by atoms with Gasteiger partial charge in [0.15, 0.2) is 0 Å². The molecule has 154 valence electrons. The molecule has 0 saturated heterocycles. The third-order valence-corrected chi connectivity index (χ3v) is 4.81. The SMILES string of the molecule is COc1ccc([N+](=O)[O-])cc1-n1c(C)cc(/C=N\NC(=O)c2ccc(Cl)cc2)c1C. The number of rotatable bonds is 6. The van der Waals surface area contributed by atoms with Crippen LogP contribution in [-0.2, 0) is 0 Å². The molecule has 0 radical (unpaired) electrons. The van der Waals surface area contributed by atoms with Crippen LogP contribution in [0.3, 0.4) is 0 Å². The van der Waals surface area contributed by atoms with Gasteiger partial charge in [0.2, 0.25) is 0 Å². The lowest BCUT2D eigenvalue weighted by atomic mass is 10.2. The Bertz CT molecular complexity index is 1140. The third-order valence-electron chi connectivity index (χ3n) is 4.56. The van der Waals surface area contributed by atoms with Crippen molar-refractivity contribution in [2.24, 2.45) is 5.10 Å². The van der Waals surface area contributed by atoms with Crippen molar-refractivity contribution >= 4 is 29.4 Å². The molecule has 0 aliphatic rings. The van der Waals surface area contributed by atoms with Crippen LogP contribution < -0.4 is 10.2 Å². The molecule has 1 heterocycles. The number of benzene rings is 2. The van der Waals surface area contributed by atoms with Gasteiger partial charge in [-0.3, -0.25) is 14.9 Å². The number of hydrazone groups is 1. The summed E-state index contributed by atoms with van der Waals surface area (Å²) >= 11 is 5.82. The van der Waals surface area contributed by atoms with Crippen molar-refractivity contribution in [2.45, 2.75) is 13.8 Å². The number of nitrogens with one attached hydrogen (secondary N) is 1. The number of nitro groups is 1. The molecular formula is C21H19ClN4O4. The number of amides is 1. The molecule has 0 aliphatic carbocycles. The number of carbonyl (C=O) groups excluding carboxylic acids is 1. The number of methoxy groups -OCH3 is 1. The maximum atomic E-state index is 12.2. The first-order chi connectivity index (χ1) is 14.3. The molecule has 8 nitrogen and oxygen atoms in total. The minimum absolute atomic E-state index is 0.0382. The van der Waals surface area contributed by atoms with Gasteiger partial charge in [0.05, 0.1) is 23.9 Å². The van der Waals surface area contributed by atoms with E-state index in [0.29, 0.717) is 22.0 Å². The summed E-state index contributed by atoms with van der Waals surface area (Å²) in [6.45, 7) is 3.72. The van der Waals surface area contributed by atoms with E-state index in [9.17, 15) is 14.9 Å².